The van der Waals surface area contributed by atoms with Gasteiger partial charge in [-0.3, -0.25) is 0 Å². The molecule has 0 amide bonds. The van der Waals surface area contributed by atoms with E-state index in [1.54, 1.807) is 42.5 Å². The molecule has 0 aliphatic carbocycles. The molecule has 2 heterocycles. The van der Waals surface area contributed by atoms with Crippen molar-refractivity contribution in [1.82, 2.24) is 8.75 Å². The summed E-state index contributed by atoms with van der Waals surface area (Å²) in [5.41, 5.74) is 1.96. The highest BCUT2D eigenvalue weighted by Gasteiger charge is 2.48. The van der Waals surface area contributed by atoms with Crippen LogP contribution in [0.1, 0.15) is 22.3 Å². The van der Waals surface area contributed by atoms with Gasteiger partial charge in [0.25, 0.3) is 5.79 Å². The van der Waals surface area contributed by atoms with Crippen molar-refractivity contribution in [2.45, 2.75) is 18.4 Å². The van der Waals surface area contributed by atoms with Crippen molar-refractivity contribution in [3.63, 3.8) is 0 Å². The van der Waals surface area contributed by atoms with Gasteiger partial charge in [0, 0.05) is 17.6 Å². The number of rotatable bonds is 5. The van der Waals surface area contributed by atoms with E-state index in [0.29, 0.717) is 27.9 Å². The zero-order chi connectivity index (χ0) is 24.8. The number of ether oxygens (including phenoxy) is 2. The topological polar surface area (TPSA) is 81.5 Å². The highest BCUT2D eigenvalue weighted by atomic mass is 32.1. The average Bonchev–Trinajstić information content (AvgIpc) is 3.40. The quantitative estimate of drug-likeness (QED) is 0.385. The first-order valence-electron chi connectivity index (χ1n) is 10.4. The third-order valence-electron chi connectivity index (χ3n) is 5.84. The Balaban J connectivity index is 1.65. The summed E-state index contributed by atoms with van der Waals surface area (Å²) in [6.45, 7) is 0. The molecule has 35 heavy (non-hydrogen) atoms. The molecule has 0 saturated heterocycles. The van der Waals surface area contributed by atoms with Crippen molar-refractivity contribution in [2.75, 3.05) is 7.11 Å². The summed E-state index contributed by atoms with van der Waals surface area (Å²) in [7, 11) is 1.50. The normalized spacial score (nSPS) is 18.3. The van der Waals surface area contributed by atoms with Crippen LogP contribution >= 0.6 is 11.7 Å². The first-order chi connectivity index (χ1) is 16.7. The summed E-state index contributed by atoms with van der Waals surface area (Å²) in [5, 5.41) is 11.7. The van der Waals surface area contributed by atoms with Gasteiger partial charge in [0.1, 0.15) is 16.8 Å². The lowest BCUT2D eigenvalue weighted by molar-refractivity contribution is -0.185. The summed E-state index contributed by atoms with van der Waals surface area (Å²) in [4.78, 5) is 13.1. The maximum Gasteiger partial charge on any atom is 0.416 e. The second-order valence-corrected chi connectivity index (χ2v) is 8.48. The number of carbonyl (C=O) groups is 1. The van der Waals surface area contributed by atoms with Gasteiger partial charge in [0.15, 0.2) is 0 Å². The Morgan fingerprint density at radius 1 is 1.00 bits per heavy atom. The molecule has 0 fully saturated rings. The molecular weight excluding hydrogens is 481 g/mol. The Labute approximate surface area is 201 Å². The van der Waals surface area contributed by atoms with Gasteiger partial charge >= 0.3 is 12.1 Å². The molecule has 0 spiro atoms. The number of benzene rings is 3. The van der Waals surface area contributed by atoms with Gasteiger partial charge in [-0.15, -0.1) is 0 Å². The zero-order valence-electron chi connectivity index (χ0n) is 18.2. The average molecular weight is 498 g/mol. The fourth-order valence-electron chi connectivity index (χ4n) is 4.04. The monoisotopic (exact) mass is 498 g/mol. The number of alkyl halides is 3. The highest BCUT2D eigenvalue weighted by Crippen LogP contribution is 2.45. The van der Waals surface area contributed by atoms with E-state index in [9.17, 15) is 23.1 Å². The molecule has 0 bridgehead atoms. The molecule has 1 aromatic heterocycles. The van der Waals surface area contributed by atoms with Crippen LogP contribution in [0, 0.1) is 0 Å². The second kappa shape index (κ2) is 8.47. The standard InChI is InChI=1S/C25H17F3N2O4S/c1-33-18-9-7-16(8-10-18)24(32)19(12-14-2-5-17(6-3-14)25(26,27)28)22(23(31)34-24)15-4-11-20-21(13-15)30-35-29-20/h2-11,13,32H,12H2,1H3. The number of aliphatic hydroxyl groups is 1. The number of aromatic nitrogens is 2. The molecular formula is C25H17F3N2O4S. The largest absolute Gasteiger partial charge is 0.497 e. The minimum absolute atomic E-state index is 0.0326. The minimum atomic E-state index is -4.48. The molecule has 5 rings (SSSR count). The molecule has 4 aromatic rings. The lowest BCUT2D eigenvalue weighted by Gasteiger charge is -2.26. The third kappa shape index (κ3) is 4.15. The van der Waals surface area contributed by atoms with Crippen molar-refractivity contribution < 1.29 is 32.5 Å². The van der Waals surface area contributed by atoms with Gasteiger partial charge in [0.2, 0.25) is 0 Å². The Hall–Kier alpha value is -3.76. The van der Waals surface area contributed by atoms with Crippen LogP contribution in [0.2, 0.25) is 0 Å². The van der Waals surface area contributed by atoms with Crippen LogP contribution in [0.4, 0.5) is 13.2 Å². The molecule has 1 aliphatic rings. The third-order valence-corrected chi connectivity index (χ3v) is 6.40. The molecule has 1 aliphatic heterocycles. The van der Waals surface area contributed by atoms with E-state index >= 15 is 0 Å². The SMILES string of the molecule is COc1ccc(C2(O)OC(=O)C(c3ccc4nsnc4c3)=C2Cc2ccc(C(F)(F)F)cc2)cc1. The van der Waals surface area contributed by atoms with E-state index in [1.807, 2.05) is 0 Å². The molecule has 1 N–H and O–H groups in total. The number of cyclic esters (lactones) is 1. The van der Waals surface area contributed by atoms with Crippen LogP contribution in [0.25, 0.3) is 16.6 Å². The fourth-order valence-corrected chi connectivity index (χ4v) is 4.56. The second-order valence-electron chi connectivity index (χ2n) is 7.95. The molecule has 6 nitrogen and oxygen atoms in total. The number of hydrogen-bond donors (Lipinski definition) is 1. The van der Waals surface area contributed by atoms with Crippen LogP contribution in [0.15, 0.2) is 72.3 Å². The minimum Gasteiger partial charge on any atom is -0.497 e. The maximum atomic E-state index is 13.1. The smallest absolute Gasteiger partial charge is 0.416 e. The van der Waals surface area contributed by atoms with Crippen molar-refractivity contribution in [2.24, 2.45) is 0 Å². The van der Waals surface area contributed by atoms with E-state index in [2.05, 4.69) is 8.75 Å². The van der Waals surface area contributed by atoms with Crippen LogP contribution in [0.5, 0.6) is 5.75 Å². The van der Waals surface area contributed by atoms with Gasteiger partial charge < -0.3 is 14.6 Å². The first-order valence-corrected chi connectivity index (χ1v) is 11.1. The van der Waals surface area contributed by atoms with Crippen molar-refractivity contribution in [3.8, 4) is 5.75 Å². The number of halogens is 3. The number of methoxy groups -OCH3 is 1. The molecule has 1 atom stereocenters. The highest BCUT2D eigenvalue weighted by molar-refractivity contribution is 7.00. The summed E-state index contributed by atoms with van der Waals surface area (Å²) in [5.74, 6) is -2.35. The Morgan fingerprint density at radius 2 is 1.69 bits per heavy atom. The number of hydrogen-bond acceptors (Lipinski definition) is 7. The number of carbonyl (C=O) groups excluding carboxylic acids is 1. The van der Waals surface area contributed by atoms with Crippen LogP contribution < -0.4 is 4.74 Å². The summed E-state index contributed by atoms with van der Waals surface area (Å²) in [6, 6.07) is 16.0. The number of fused-ring (bicyclic) bond motifs is 1. The Morgan fingerprint density at radius 3 is 2.34 bits per heavy atom. The van der Waals surface area contributed by atoms with Crippen LogP contribution in [-0.2, 0) is 27.9 Å². The summed E-state index contributed by atoms with van der Waals surface area (Å²) >= 11 is 1.03. The molecule has 178 valence electrons. The lowest BCUT2D eigenvalue weighted by atomic mass is 9.88. The van der Waals surface area contributed by atoms with Gasteiger partial charge in [-0.2, -0.15) is 21.9 Å². The molecule has 0 radical (unpaired) electrons. The fraction of sp³-hybridized carbons (Fsp3) is 0.160. The molecule has 3 aromatic carbocycles. The number of esters is 1. The van der Waals surface area contributed by atoms with E-state index in [1.165, 1.54) is 19.2 Å². The zero-order valence-corrected chi connectivity index (χ0v) is 19.0. The van der Waals surface area contributed by atoms with E-state index in [4.69, 9.17) is 9.47 Å². The Bertz CT molecular complexity index is 1450. The molecule has 10 heteroatoms. The molecule has 0 saturated carbocycles. The summed E-state index contributed by atoms with van der Waals surface area (Å²) in [6.07, 6.45) is -4.51. The van der Waals surface area contributed by atoms with Crippen LogP contribution in [-0.4, -0.2) is 26.9 Å². The van der Waals surface area contributed by atoms with Crippen molar-refractivity contribution >= 4 is 34.3 Å². The van der Waals surface area contributed by atoms with E-state index in [0.717, 1.165) is 23.9 Å². The van der Waals surface area contributed by atoms with Gasteiger partial charge in [-0.05, 0) is 59.7 Å². The van der Waals surface area contributed by atoms with Crippen LogP contribution in [0.3, 0.4) is 0 Å². The van der Waals surface area contributed by atoms with Gasteiger partial charge in [0.05, 0.1) is 30.0 Å². The predicted octanol–water partition coefficient (Wildman–Crippen LogP) is 5.12. The van der Waals surface area contributed by atoms with E-state index < -0.39 is 23.5 Å². The van der Waals surface area contributed by atoms with Crippen molar-refractivity contribution in [3.05, 3.63) is 94.6 Å². The maximum absolute atomic E-state index is 13.1. The van der Waals surface area contributed by atoms with E-state index in [-0.39, 0.29) is 23.1 Å². The predicted molar refractivity (Wildman–Crippen MR) is 122 cm³/mol. The Kier molecular flexibility index (Phi) is 5.57. The van der Waals surface area contributed by atoms with Gasteiger partial charge in [-0.25, -0.2) is 4.79 Å². The number of nitrogens with zero attached hydrogens (tertiary/aromatic N) is 2. The lowest BCUT2D eigenvalue weighted by Crippen LogP contribution is -2.29. The first kappa shape index (κ1) is 23.0. The summed E-state index contributed by atoms with van der Waals surface area (Å²) < 4.78 is 58.1. The molecule has 1 unspecified atom stereocenters. The van der Waals surface area contributed by atoms with Crippen molar-refractivity contribution in [1.29, 1.82) is 0 Å². The van der Waals surface area contributed by atoms with Gasteiger partial charge in [-0.1, -0.05) is 18.2 Å².